The molecule has 1 aromatic heterocycles. The van der Waals surface area contributed by atoms with Crippen LogP contribution in [0.15, 0.2) is 48.5 Å². The van der Waals surface area contributed by atoms with E-state index in [2.05, 4.69) is 4.98 Å². The van der Waals surface area contributed by atoms with E-state index in [4.69, 9.17) is 5.11 Å². The number of carbonyl (C=O) groups is 1. The summed E-state index contributed by atoms with van der Waals surface area (Å²) >= 11 is 0. The number of rotatable bonds is 2. The Kier molecular flexibility index (Phi) is 3.10. The molecule has 0 aliphatic carbocycles. The van der Waals surface area contributed by atoms with Crippen LogP contribution in [0.4, 0.5) is 8.78 Å². The molecule has 5 heteroatoms. The lowest BCUT2D eigenvalue weighted by molar-refractivity contribution is 0.0685. The van der Waals surface area contributed by atoms with E-state index in [1.807, 2.05) is 0 Å². The maximum atomic E-state index is 14.5. The van der Waals surface area contributed by atoms with Gasteiger partial charge >= 0.3 is 5.97 Å². The Hall–Kier alpha value is -2.82. The number of benzene rings is 2. The molecular weight excluding hydrogens is 276 g/mol. The summed E-state index contributed by atoms with van der Waals surface area (Å²) in [5.41, 5.74) is 0.233. The van der Waals surface area contributed by atoms with E-state index in [0.717, 1.165) is 0 Å². The van der Waals surface area contributed by atoms with Gasteiger partial charge in [-0.25, -0.2) is 18.6 Å². The highest BCUT2D eigenvalue weighted by Gasteiger charge is 2.20. The molecule has 0 atom stereocenters. The molecule has 0 radical (unpaired) electrons. The molecule has 104 valence electrons. The zero-order valence-corrected chi connectivity index (χ0v) is 10.7. The van der Waals surface area contributed by atoms with Crippen molar-refractivity contribution >= 4 is 16.9 Å². The van der Waals surface area contributed by atoms with Crippen molar-refractivity contribution in [3.05, 3.63) is 65.9 Å². The molecule has 0 aliphatic heterocycles. The molecule has 0 bridgehead atoms. The lowest BCUT2D eigenvalue weighted by Gasteiger charge is -2.10. The van der Waals surface area contributed by atoms with Gasteiger partial charge in [-0.1, -0.05) is 30.3 Å². The van der Waals surface area contributed by atoms with Crippen molar-refractivity contribution in [2.75, 3.05) is 0 Å². The number of aromatic carboxylic acids is 1. The number of nitrogens with zero attached hydrogens (tertiary/aromatic N) is 1. The van der Waals surface area contributed by atoms with E-state index in [1.54, 1.807) is 24.3 Å². The third-order valence-corrected chi connectivity index (χ3v) is 3.17. The van der Waals surface area contributed by atoms with Crippen molar-refractivity contribution < 1.29 is 18.7 Å². The minimum Gasteiger partial charge on any atom is -0.476 e. The maximum Gasteiger partial charge on any atom is 0.357 e. The SMILES string of the molecule is O=C(O)c1nc2ccccc2c(-c2ccc(F)cc2)c1F. The second kappa shape index (κ2) is 4.94. The second-order valence-electron chi connectivity index (χ2n) is 4.48. The van der Waals surface area contributed by atoms with Crippen molar-refractivity contribution in [1.82, 2.24) is 4.98 Å². The number of fused-ring (bicyclic) bond motifs is 1. The standard InChI is InChI=1S/C16H9F2NO2/c17-10-7-5-9(6-8-10)13-11-3-1-2-4-12(11)19-15(14(13)18)16(20)21/h1-8H,(H,20,21). The molecule has 0 saturated heterocycles. The zero-order chi connectivity index (χ0) is 15.0. The van der Waals surface area contributed by atoms with Gasteiger partial charge in [-0.3, -0.25) is 0 Å². The Morgan fingerprint density at radius 3 is 2.33 bits per heavy atom. The lowest BCUT2D eigenvalue weighted by Crippen LogP contribution is -2.06. The second-order valence-corrected chi connectivity index (χ2v) is 4.48. The minimum atomic E-state index is -1.44. The fraction of sp³-hybridized carbons (Fsp3) is 0. The molecular formula is C16H9F2NO2. The van der Waals surface area contributed by atoms with Crippen LogP contribution in [0.25, 0.3) is 22.0 Å². The highest BCUT2D eigenvalue weighted by molar-refractivity contribution is 5.99. The number of aromatic nitrogens is 1. The molecule has 0 amide bonds. The number of carboxylic acids is 1. The van der Waals surface area contributed by atoms with Crippen LogP contribution in [0.2, 0.25) is 0 Å². The van der Waals surface area contributed by atoms with Crippen LogP contribution in [0, 0.1) is 11.6 Å². The fourth-order valence-corrected chi connectivity index (χ4v) is 2.23. The van der Waals surface area contributed by atoms with Gasteiger partial charge < -0.3 is 5.11 Å². The van der Waals surface area contributed by atoms with Crippen molar-refractivity contribution in [1.29, 1.82) is 0 Å². The summed E-state index contributed by atoms with van der Waals surface area (Å²) < 4.78 is 27.5. The molecule has 21 heavy (non-hydrogen) atoms. The number of halogens is 2. The van der Waals surface area contributed by atoms with Gasteiger partial charge in [-0.2, -0.15) is 0 Å². The molecule has 3 nitrogen and oxygen atoms in total. The van der Waals surface area contributed by atoms with Gasteiger partial charge in [0.25, 0.3) is 0 Å². The molecule has 0 spiro atoms. The average molecular weight is 285 g/mol. The van der Waals surface area contributed by atoms with Crippen LogP contribution in [0.1, 0.15) is 10.5 Å². The number of hydrogen-bond donors (Lipinski definition) is 1. The van der Waals surface area contributed by atoms with E-state index < -0.39 is 23.3 Å². The summed E-state index contributed by atoms with van der Waals surface area (Å²) in [6.07, 6.45) is 0. The maximum absolute atomic E-state index is 14.5. The van der Waals surface area contributed by atoms with E-state index in [-0.39, 0.29) is 5.56 Å². The third kappa shape index (κ3) is 2.23. The summed E-state index contributed by atoms with van der Waals surface area (Å²) in [5, 5.41) is 9.56. The Morgan fingerprint density at radius 2 is 1.67 bits per heavy atom. The Bertz CT molecular complexity index is 845. The van der Waals surface area contributed by atoms with Gasteiger partial charge in [-0.05, 0) is 23.8 Å². The summed E-state index contributed by atoms with van der Waals surface area (Å²) in [4.78, 5) is 15.0. The number of pyridine rings is 1. The molecule has 0 aliphatic rings. The number of carboxylic acid groups (broad SMARTS) is 1. The van der Waals surface area contributed by atoms with Crippen molar-refractivity contribution in [3.8, 4) is 11.1 Å². The first-order valence-corrected chi connectivity index (χ1v) is 6.15. The van der Waals surface area contributed by atoms with E-state index in [1.165, 1.54) is 24.3 Å². The van der Waals surface area contributed by atoms with Gasteiger partial charge in [0, 0.05) is 10.9 Å². The van der Waals surface area contributed by atoms with Gasteiger partial charge in [0.1, 0.15) is 5.82 Å². The fourth-order valence-electron chi connectivity index (χ4n) is 2.23. The zero-order valence-electron chi connectivity index (χ0n) is 10.7. The molecule has 0 saturated carbocycles. The largest absolute Gasteiger partial charge is 0.476 e. The normalized spacial score (nSPS) is 10.8. The molecule has 0 unspecified atom stereocenters. The summed E-state index contributed by atoms with van der Waals surface area (Å²) in [6.45, 7) is 0. The summed E-state index contributed by atoms with van der Waals surface area (Å²) in [7, 11) is 0. The summed E-state index contributed by atoms with van der Waals surface area (Å²) in [5.74, 6) is -2.81. The van der Waals surface area contributed by atoms with Crippen molar-refractivity contribution in [3.63, 3.8) is 0 Å². The van der Waals surface area contributed by atoms with Crippen molar-refractivity contribution in [2.45, 2.75) is 0 Å². The Morgan fingerprint density at radius 1 is 1.00 bits per heavy atom. The monoisotopic (exact) mass is 285 g/mol. The van der Waals surface area contributed by atoms with Gasteiger partial charge in [0.2, 0.25) is 0 Å². The third-order valence-electron chi connectivity index (χ3n) is 3.17. The van der Waals surface area contributed by atoms with Crippen LogP contribution >= 0.6 is 0 Å². The topological polar surface area (TPSA) is 50.2 Å². The molecule has 3 aromatic rings. The Balaban J connectivity index is 2.41. The molecule has 2 aromatic carbocycles. The smallest absolute Gasteiger partial charge is 0.357 e. The number of hydrogen-bond acceptors (Lipinski definition) is 2. The van der Waals surface area contributed by atoms with Gasteiger partial charge in [-0.15, -0.1) is 0 Å². The van der Waals surface area contributed by atoms with Gasteiger partial charge in [0.15, 0.2) is 11.5 Å². The molecule has 0 fully saturated rings. The summed E-state index contributed by atoms with van der Waals surface area (Å²) in [6, 6.07) is 11.9. The molecule has 3 rings (SSSR count). The van der Waals surface area contributed by atoms with Crippen LogP contribution < -0.4 is 0 Å². The first-order valence-electron chi connectivity index (χ1n) is 6.15. The lowest BCUT2D eigenvalue weighted by atomic mass is 9.99. The molecule has 1 heterocycles. The van der Waals surface area contributed by atoms with Crippen LogP contribution in [-0.4, -0.2) is 16.1 Å². The first kappa shape index (κ1) is 13.2. The highest BCUT2D eigenvalue weighted by atomic mass is 19.1. The van der Waals surface area contributed by atoms with Crippen molar-refractivity contribution in [2.24, 2.45) is 0 Å². The first-order chi connectivity index (χ1) is 10.1. The van der Waals surface area contributed by atoms with E-state index >= 15 is 0 Å². The molecule has 1 N–H and O–H groups in total. The van der Waals surface area contributed by atoms with E-state index in [0.29, 0.717) is 16.5 Å². The van der Waals surface area contributed by atoms with Gasteiger partial charge in [0.05, 0.1) is 5.52 Å². The quantitative estimate of drug-likeness (QED) is 0.777. The van der Waals surface area contributed by atoms with Crippen LogP contribution in [0.5, 0.6) is 0 Å². The predicted molar refractivity (Wildman–Crippen MR) is 74.1 cm³/mol. The average Bonchev–Trinajstić information content (AvgIpc) is 2.48. The predicted octanol–water partition coefficient (Wildman–Crippen LogP) is 3.88. The van der Waals surface area contributed by atoms with E-state index in [9.17, 15) is 13.6 Å². The Labute approximate surface area is 118 Å². The number of para-hydroxylation sites is 1. The highest BCUT2D eigenvalue weighted by Crippen LogP contribution is 2.32. The van der Waals surface area contributed by atoms with Crippen LogP contribution in [0.3, 0.4) is 0 Å². The van der Waals surface area contributed by atoms with Crippen LogP contribution in [-0.2, 0) is 0 Å². The minimum absolute atomic E-state index is 0.109.